The van der Waals surface area contributed by atoms with E-state index in [-0.39, 0.29) is 17.7 Å². The van der Waals surface area contributed by atoms with Gasteiger partial charge in [0.15, 0.2) is 11.9 Å². The normalized spacial score (nSPS) is 24.1. The number of nitrogens with one attached hydrogen (secondary N) is 1. The van der Waals surface area contributed by atoms with Gasteiger partial charge in [0.05, 0.1) is 11.7 Å². The lowest BCUT2D eigenvalue weighted by Gasteiger charge is -2.33. The largest absolute Gasteiger partial charge is 0.478 e. The van der Waals surface area contributed by atoms with E-state index in [4.69, 9.17) is 4.74 Å². The molecule has 1 N–H and O–H groups in total. The first-order valence-corrected chi connectivity index (χ1v) is 8.05. The SMILES string of the molecule is CCC1Oc2ccc(C(=O)C3CCCN3)cc2N(CC)C1=O. The molecule has 1 amide bonds. The number of likely N-dealkylation sites (N-methyl/N-ethyl adjacent to an activating group) is 1. The topological polar surface area (TPSA) is 58.6 Å². The Labute approximate surface area is 130 Å². The number of benzene rings is 1. The van der Waals surface area contributed by atoms with Gasteiger partial charge in [0, 0.05) is 12.1 Å². The fourth-order valence-corrected chi connectivity index (χ4v) is 3.17. The summed E-state index contributed by atoms with van der Waals surface area (Å²) in [5.74, 6) is 0.756. The summed E-state index contributed by atoms with van der Waals surface area (Å²) >= 11 is 0. The highest BCUT2D eigenvalue weighted by atomic mass is 16.5. The second kappa shape index (κ2) is 6.08. The predicted molar refractivity (Wildman–Crippen MR) is 84.5 cm³/mol. The summed E-state index contributed by atoms with van der Waals surface area (Å²) in [6, 6.07) is 5.31. The summed E-state index contributed by atoms with van der Waals surface area (Å²) in [6.07, 6.45) is 2.12. The smallest absolute Gasteiger partial charge is 0.268 e. The lowest BCUT2D eigenvalue weighted by Crippen LogP contribution is -2.45. The average Bonchev–Trinajstić information content (AvgIpc) is 3.07. The van der Waals surface area contributed by atoms with Crippen molar-refractivity contribution in [3.05, 3.63) is 23.8 Å². The quantitative estimate of drug-likeness (QED) is 0.866. The molecule has 1 fully saturated rings. The van der Waals surface area contributed by atoms with Crippen LogP contribution >= 0.6 is 0 Å². The molecule has 0 aliphatic carbocycles. The van der Waals surface area contributed by atoms with Crippen LogP contribution in [0, 0.1) is 0 Å². The molecule has 0 radical (unpaired) electrons. The molecule has 1 aromatic carbocycles. The van der Waals surface area contributed by atoms with Crippen molar-refractivity contribution in [3.63, 3.8) is 0 Å². The maximum Gasteiger partial charge on any atom is 0.268 e. The molecule has 2 aliphatic rings. The van der Waals surface area contributed by atoms with Gasteiger partial charge in [0.1, 0.15) is 5.75 Å². The van der Waals surface area contributed by atoms with Crippen LogP contribution in [0.4, 0.5) is 5.69 Å². The van der Waals surface area contributed by atoms with Crippen LogP contribution in [0.2, 0.25) is 0 Å². The van der Waals surface area contributed by atoms with Crippen molar-refractivity contribution in [2.45, 2.75) is 45.3 Å². The molecule has 0 spiro atoms. The molecule has 1 saturated heterocycles. The van der Waals surface area contributed by atoms with Gasteiger partial charge in [-0.3, -0.25) is 9.59 Å². The molecule has 2 aliphatic heterocycles. The van der Waals surface area contributed by atoms with E-state index >= 15 is 0 Å². The Bertz CT molecular complexity index is 594. The second-order valence-corrected chi connectivity index (χ2v) is 5.79. The number of hydrogen-bond acceptors (Lipinski definition) is 4. The summed E-state index contributed by atoms with van der Waals surface area (Å²) in [4.78, 5) is 26.6. The van der Waals surface area contributed by atoms with Crippen LogP contribution in [0.15, 0.2) is 18.2 Å². The first kappa shape index (κ1) is 15.0. The number of Topliss-reactive ketones (excluding diaryl/α,β-unsaturated/α-hetero) is 1. The second-order valence-electron chi connectivity index (χ2n) is 5.79. The van der Waals surface area contributed by atoms with E-state index in [0.29, 0.717) is 30.0 Å². The third-order valence-corrected chi connectivity index (χ3v) is 4.41. The molecule has 2 heterocycles. The minimum atomic E-state index is -0.425. The highest BCUT2D eigenvalue weighted by molar-refractivity contribution is 6.04. The Hall–Kier alpha value is -1.88. The molecule has 0 aromatic heterocycles. The summed E-state index contributed by atoms with van der Waals surface area (Å²) < 4.78 is 5.77. The lowest BCUT2D eigenvalue weighted by molar-refractivity contribution is -0.126. The highest BCUT2D eigenvalue weighted by Gasteiger charge is 2.33. The van der Waals surface area contributed by atoms with Gasteiger partial charge < -0.3 is 15.0 Å². The van der Waals surface area contributed by atoms with Crippen molar-refractivity contribution in [2.24, 2.45) is 0 Å². The van der Waals surface area contributed by atoms with E-state index in [1.165, 1.54) is 0 Å². The van der Waals surface area contributed by atoms with Crippen molar-refractivity contribution < 1.29 is 14.3 Å². The molecule has 2 atom stereocenters. The van der Waals surface area contributed by atoms with E-state index in [1.807, 2.05) is 19.9 Å². The monoisotopic (exact) mass is 302 g/mol. The summed E-state index contributed by atoms with van der Waals surface area (Å²) in [5.41, 5.74) is 1.35. The van der Waals surface area contributed by atoms with Crippen LogP contribution < -0.4 is 15.0 Å². The van der Waals surface area contributed by atoms with Gasteiger partial charge in [-0.2, -0.15) is 0 Å². The number of nitrogens with zero attached hydrogens (tertiary/aromatic N) is 1. The van der Waals surface area contributed by atoms with E-state index < -0.39 is 6.10 Å². The average molecular weight is 302 g/mol. The minimum Gasteiger partial charge on any atom is -0.478 e. The number of ketones is 1. The molecule has 118 valence electrons. The van der Waals surface area contributed by atoms with Crippen molar-refractivity contribution >= 4 is 17.4 Å². The Morgan fingerprint density at radius 1 is 1.41 bits per heavy atom. The van der Waals surface area contributed by atoms with Crippen LogP contribution in [-0.4, -0.2) is 36.9 Å². The van der Waals surface area contributed by atoms with Crippen molar-refractivity contribution in [1.29, 1.82) is 0 Å². The number of hydrogen-bond donors (Lipinski definition) is 1. The maximum atomic E-state index is 12.5. The van der Waals surface area contributed by atoms with Gasteiger partial charge in [0.2, 0.25) is 0 Å². The van der Waals surface area contributed by atoms with Crippen LogP contribution in [0.5, 0.6) is 5.75 Å². The number of anilines is 1. The molecule has 0 bridgehead atoms. The molecular formula is C17H22N2O3. The molecule has 3 rings (SSSR count). The molecular weight excluding hydrogens is 280 g/mol. The van der Waals surface area contributed by atoms with Gasteiger partial charge in [0.25, 0.3) is 5.91 Å². The van der Waals surface area contributed by atoms with Crippen LogP contribution in [-0.2, 0) is 4.79 Å². The number of fused-ring (bicyclic) bond motifs is 1. The summed E-state index contributed by atoms with van der Waals surface area (Å²) in [7, 11) is 0. The Kier molecular flexibility index (Phi) is 4.16. The standard InChI is InChI=1S/C17H22N2O3/c1-3-14-17(21)19(4-2)13-10-11(7-8-15(13)22-14)16(20)12-6-5-9-18-12/h7-8,10,12,14,18H,3-6,9H2,1-2H3. The number of rotatable bonds is 4. The predicted octanol–water partition coefficient (Wildman–Crippen LogP) is 2.15. The summed E-state index contributed by atoms with van der Waals surface area (Å²) in [5, 5.41) is 3.22. The Morgan fingerprint density at radius 2 is 2.23 bits per heavy atom. The molecule has 1 aromatic rings. The van der Waals surface area contributed by atoms with Gasteiger partial charge in [-0.05, 0) is 50.9 Å². The zero-order chi connectivity index (χ0) is 15.7. The van der Waals surface area contributed by atoms with Crippen LogP contribution in [0.25, 0.3) is 0 Å². The number of carbonyl (C=O) groups is 2. The van der Waals surface area contributed by atoms with Gasteiger partial charge in [-0.25, -0.2) is 0 Å². The Balaban J connectivity index is 1.93. The van der Waals surface area contributed by atoms with E-state index in [9.17, 15) is 9.59 Å². The molecule has 22 heavy (non-hydrogen) atoms. The fourth-order valence-electron chi connectivity index (χ4n) is 3.17. The molecule has 2 unspecified atom stereocenters. The molecule has 5 heteroatoms. The molecule has 5 nitrogen and oxygen atoms in total. The fraction of sp³-hybridized carbons (Fsp3) is 0.529. The first-order chi connectivity index (χ1) is 10.7. The number of amides is 1. The van der Waals surface area contributed by atoms with E-state index in [0.717, 1.165) is 19.4 Å². The third kappa shape index (κ3) is 2.50. The number of carbonyl (C=O) groups excluding carboxylic acids is 2. The Morgan fingerprint density at radius 3 is 2.86 bits per heavy atom. The first-order valence-electron chi connectivity index (χ1n) is 8.05. The maximum absolute atomic E-state index is 12.5. The van der Waals surface area contributed by atoms with E-state index in [2.05, 4.69) is 5.32 Å². The van der Waals surface area contributed by atoms with E-state index in [1.54, 1.807) is 17.0 Å². The zero-order valence-corrected chi connectivity index (χ0v) is 13.1. The van der Waals surface area contributed by atoms with Crippen molar-refractivity contribution in [3.8, 4) is 5.75 Å². The summed E-state index contributed by atoms with van der Waals surface area (Å²) in [6.45, 7) is 5.34. The van der Waals surface area contributed by atoms with Gasteiger partial charge in [-0.1, -0.05) is 6.92 Å². The van der Waals surface area contributed by atoms with Gasteiger partial charge in [-0.15, -0.1) is 0 Å². The third-order valence-electron chi connectivity index (χ3n) is 4.41. The van der Waals surface area contributed by atoms with Crippen LogP contribution in [0.1, 0.15) is 43.5 Å². The zero-order valence-electron chi connectivity index (χ0n) is 13.1. The number of ether oxygens (including phenoxy) is 1. The highest BCUT2D eigenvalue weighted by Crippen LogP contribution is 2.35. The van der Waals surface area contributed by atoms with Crippen LogP contribution in [0.3, 0.4) is 0 Å². The van der Waals surface area contributed by atoms with Crippen molar-refractivity contribution in [2.75, 3.05) is 18.0 Å². The minimum absolute atomic E-state index is 0.0268. The van der Waals surface area contributed by atoms with Crippen molar-refractivity contribution in [1.82, 2.24) is 5.32 Å². The lowest BCUT2D eigenvalue weighted by atomic mass is 10.0. The molecule has 0 saturated carbocycles. The van der Waals surface area contributed by atoms with Gasteiger partial charge >= 0.3 is 0 Å².